The van der Waals surface area contributed by atoms with Gasteiger partial charge in [0.1, 0.15) is 5.00 Å². The highest BCUT2D eigenvalue weighted by Crippen LogP contribution is 2.38. The van der Waals surface area contributed by atoms with Crippen LogP contribution in [0.5, 0.6) is 0 Å². The summed E-state index contributed by atoms with van der Waals surface area (Å²) in [6.45, 7) is 3.42. The minimum absolute atomic E-state index is 0.271. The Bertz CT molecular complexity index is 921. The van der Waals surface area contributed by atoms with Gasteiger partial charge < -0.3 is 19.9 Å². The van der Waals surface area contributed by atoms with Gasteiger partial charge in [0, 0.05) is 41.8 Å². The molecule has 1 saturated heterocycles. The first-order valence-corrected chi connectivity index (χ1v) is 12.0. The van der Waals surface area contributed by atoms with Gasteiger partial charge in [-0.1, -0.05) is 18.0 Å². The minimum atomic E-state index is -0.271. The molecule has 2 aliphatic rings. The molecule has 0 spiro atoms. The standard InChI is InChI=1S/C22H26ClN3O2S2/c1-28-21(27)19-17-5-3-2-4-6-18(17)30-20(19)24-22(29)26-13-11-25(12-14-26)16-9-7-15(23)8-10-16/h7-10H,2-6,11-14H2,1H3,(H,24,29). The van der Waals surface area contributed by atoms with E-state index in [2.05, 4.69) is 27.2 Å². The number of fused-ring (bicyclic) bond motifs is 1. The monoisotopic (exact) mass is 463 g/mol. The van der Waals surface area contributed by atoms with Gasteiger partial charge >= 0.3 is 5.97 Å². The minimum Gasteiger partial charge on any atom is -0.465 e. The average Bonchev–Trinajstić information content (AvgIpc) is 2.94. The number of carbonyl (C=O) groups is 1. The maximum Gasteiger partial charge on any atom is 0.341 e. The number of ether oxygens (including phenoxy) is 1. The van der Waals surface area contributed by atoms with Crippen LogP contribution in [-0.4, -0.2) is 49.3 Å². The molecule has 160 valence electrons. The van der Waals surface area contributed by atoms with Crippen molar-refractivity contribution in [2.24, 2.45) is 0 Å². The van der Waals surface area contributed by atoms with Crippen LogP contribution in [0.4, 0.5) is 10.7 Å². The Morgan fingerprint density at radius 3 is 2.50 bits per heavy atom. The Morgan fingerprint density at radius 2 is 1.80 bits per heavy atom. The van der Waals surface area contributed by atoms with E-state index < -0.39 is 0 Å². The Morgan fingerprint density at radius 1 is 1.10 bits per heavy atom. The molecule has 0 radical (unpaired) electrons. The number of thiophene rings is 1. The van der Waals surface area contributed by atoms with Crippen molar-refractivity contribution in [3.8, 4) is 0 Å². The van der Waals surface area contributed by atoms with Crippen molar-refractivity contribution >= 4 is 56.9 Å². The van der Waals surface area contributed by atoms with Crippen LogP contribution in [0.1, 0.15) is 40.1 Å². The first-order chi connectivity index (χ1) is 14.6. The molecule has 0 bridgehead atoms. The number of rotatable bonds is 3. The number of hydrogen-bond donors (Lipinski definition) is 1. The number of anilines is 2. The fourth-order valence-electron chi connectivity index (χ4n) is 4.14. The molecule has 0 atom stereocenters. The normalized spacial score (nSPS) is 16.6. The van der Waals surface area contributed by atoms with E-state index in [1.165, 1.54) is 30.5 Å². The number of benzene rings is 1. The van der Waals surface area contributed by atoms with Crippen LogP contribution in [0.2, 0.25) is 5.02 Å². The summed E-state index contributed by atoms with van der Waals surface area (Å²) in [5.41, 5.74) is 3.01. The SMILES string of the molecule is COC(=O)c1c(NC(=S)N2CCN(c3ccc(Cl)cc3)CC2)sc2c1CCCCC2. The number of halogens is 1. The molecule has 1 aromatic heterocycles. The molecule has 0 amide bonds. The summed E-state index contributed by atoms with van der Waals surface area (Å²) < 4.78 is 5.10. The number of esters is 1. The number of carbonyl (C=O) groups excluding carboxylic acids is 1. The van der Waals surface area contributed by atoms with Crippen molar-refractivity contribution in [3.63, 3.8) is 0 Å². The number of nitrogens with one attached hydrogen (secondary N) is 1. The molecule has 1 aliphatic heterocycles. The van der Waals surface area contributed by atoms with Crippen LogP contribution in [0.25, 0.3) is 0 Å². The summed E-state index contributed by atoms with van der Waals surface area (Å²) in [6.07, 6.45) is 5.46. The molecule has 5 nitrogen and oxygen atoms in total. The fraction of sp³-hybridized carbons (Fsp3) is 0.455. The van der Waals surface area contributed by atoms with Gasteiger partial charge in [-0.25, -0.2) is 4.79 Å². The zero-order chi connectivity index (χ0) is 21.1. The van der Waals surface area contributed by atoms with Crippen LogP contribution in [0, 0.1) is 0 Å². The number of aryl methyl sites for hydroxylation is 1. The fourth-order valence-corrected chi connectivity index (χ4v) is 5.90. The van der Waals surface area contributed by atoms with Gasteiger partial charge in [0.15, 0.2) is 5.11 Å². The summed E-state index contributed by atoms with van der Waals surface area (Å²) in [6, 6.07) is 7.95. The van der Waals surface area contributed by atoms with Crippen LogP contribution in [0.15, 0.2) is 24.3 Å². The first-order valence-electron chi connectivity index (χ1n) is 10.4. The van der Waals surface area contributed by atoms with E-state index in [9.17, 15) is 4.79 Å². The number of hydrogen-bond acceptors (Lipinski definition) is 5. The lowest BCUT2D eigenvalue weighted by molar-refractivity contribution is 0.0601. The maximum atomic E-state index is 12.5. The summed E-state index contributed by atoms with van der Waals surface area (Å²) in [5.74, 6) is -0.271. The molecule has 0 saturated carbocycles. The molecular weight excluding hydrogens is 438 g/mol. The maximum absolute atomic E-state index is 12.5. The van der Waals surface area contributed by atoms with E-state index in [-0.39, 0.29) is 5.97 Å². The van der Waals surface area contributed by atoms with Gasteiger partial charge in [-0.15, -0.1) is 11.3 Å². The van der Waals surface area contributed by atoms with E-state index in [1.807, 2.05) is 12.1 Å². The first kappa shape index (κ1) is 21.4. The lowest BCUT2D eigenvalue weighted by Crippen LogP contribution is -2.50. The van der Waals surface area contributed by atoms with Crippen molar-refractivity contribution in [1.29, 1.82) is 0 Å². The van der Waals surface area contributed by atoms with E-state index in [1.54, 1.807) is 11.3 Å². The van der Waals surface area contributed by atoms with Crippen LogP contribution in [-0.2, 0) is 17.6 Å². The zero-order valence-electron chi connectivity index (χ0n) is 17.1. The molecule has 30 heavy (non-hydrogen) atoms. The van der Waals surface area contributed by atoms with Crippen molar-refractivity contribution < 1.29 is 9.53 Å². The highest BCUT2D eigenvalue weighted by Gasteiger charge is 2.27. The Labute approximate surface area is 192 Å². The predicted octanol–water partition coefficient (Wildman–Crippen LogP) is 4.98. The van der Waals surface area contributed by atoms with Crippen molar-refractivity contribution in [2.75, 3.05) is 43.5 Å². The van der Waals surface area contributed by atoms with E-state index in [0.29, 0.717) is 10.7 Å². The lowest BCUT2D eigenvalue weighted by atomic mass is 10.1. The van der Waals surface area contributed by atoms with Gasteiger partial charge in [0.05, 0.1) is 12.7 Å². The number of nitrogens with zero attached hydrogens (tertiary/aromatic N) is 2. The molecule has 2 heterocycles. The quantitative estimate of drug-likeness (QED) is 0.393. The van der Waals surface area contributed by atoms with E-state index >= 15 is 0 Å². The summed E-state index contributed by atoms with van der Waals surface area (Å²) in [4.78, 5) is 18.3. The topological polar surface area (TPSA) is 44.8 Å². The summed E-state index contributed by atoms with van der Waals surface area (Å²) in [5, 5.41) is 5.63. The second-order valence-electron chi connectivity index (χ2n) is 7.64. The molecule has 4 rings (SSSR count). The van der Waals surface area contributed by atoms with Gasteiger partial charge in [-0.2, -0.15) is 0 Å². The molecule has 2 aromatic rings. The molecule has 8 heteroatoms. The van der Waals surface area contributed by atoms with Crippen LogP contribution >= 0.6 is 35.2 Å². The van der Waals surface area contributed by atoms with Gasteiger partial charge in [0.25, 0.3) is 0 Å². The Kier molecular flexibility index (Phi) is 6.80. The third-order valence-corrected chi connectivity index (χ3v) is 7.61. The Hall–Kier alpha value is -1.83. The molecule has 1 aliphatic carbocycles. The third-order valence-electron chi connectivity index (χ3n) is 5.79. The van der Waals surface area contributed by atoms with E-state index in [4.69, 9.17) is 28.6 Å². The van der Waals surface area contributed by atoms with Crippen LogP contribution in [0.3, 0.4) is 0 Å². The second-order valence-corrected chi connectivity index (χ2v) is 9.57. The molecule has 1 N–H and O–H groups in total. The summed E-state index contributed by atoms with van der Waals surface area (Å²) in [7, 11) is 1.45. The molecule has 0 unspecified atom stereocenters. The largest absolute Gasteiger partial charge is 0.465 e. The smallest absolute Gasteiger partial charge is 0.341 e. The van der Waals surface area contributed by atoms with Crippen LogP contribution < -0.4 is 10.2 Å². The number of methoxy groups -OCH3 is 1. The predicted molar refractivity (Wildman–Crippen MR) is 128 cm³/mol. The van der Waals surface area contributed by atoms with Gasteiger partial charge in [-0.05, 0) is 67.7 Å². The Balaban J connectivity index is 1.44. The highest BCUT2D eigenvalue weighted by molar-refractivity contribution is 7.80. The lowest BCUT2D eigenvalue weighted by Gasteiger charge is -2.37. The van der Waals surface area contributed by atoms with E-state index in [0.717, 1.165) is 61.0 Å². The highest BCUT2D eigenvalue weighted by atomic mass is 35.5. The number of thiocarbonyl (C=S) groups is 1. The molecule has 1 fully saturated rings. The van der Waals surface area contributed by atoms with Crippen molar-refractivity contribution in [2.45, 2.75) is 32.1 Å². The molecule has 1 aromatic carbocycles. The third kappa shape index (κ3) is 4.58. The zero-order valence-corrected chi connectivity index (χ0v) is 19.5. The second kappa shape index (κ2) is 9.54. The van der Waals surface area contributed by atoms with Crippen molar-refractivity contribution in [3.05, 3.63) is 45.3 Å². The summed E-state index contributed by atoms with van der Waals surface area (Å²) >= 11 is 13.4. The number of piperazine rings is 1. The average molecular weight is 464 g/mol. The van der Waals surface area contributed by atoms with Crippen molar-refractivity contribution in [1.82, 2.24) is 4.90 Å². The van der Waals surface area contributed by atoms with Gasteiger partial charge in [-0.3, -0.25) is 0 Å². The molecular formula is C22H26ClN3O2S2. The van der Waals surface area contributed by atoms with Gasteiger partial charge in [0.2, 0.25) is 0 Å².